The van der Waals surface area contributed by atoms with E-state index >= 15 is 0 Å². The number of nitrogens with one attached hydrogen (secondary N) is 1. The summed E-state index contributed by atoms with van der Waals surface area (Å²) >= 11 is 3.30. The van der Waals surface area contributed by atoms with Gasteiger partial charge in [-0.05, 0) is 53.2 Å². The highest BCUT2D eigenvalue weighted by Gasteiger charge is 2.31. The van der Waals surface area contributed by atoms with Crippen LogP contribution in [0.3, 0.4) is 0 Å². The minimum Gasteiger partial charge on any atom is -0.406 e. The van der Waals surface area contributed by atoms with Gasteiger partial charge in [0.25, 0.3) is 5.91 Å². The van der Waals surface area contributed by atoms with Crippen LogP contribution in [0.5, 0.6) is 5.75 Å². The molecule has 0 spiro atoms. The minimum absolute atomic E-state index is 0.0402. The predicted octanol–water partition coefficient (Wildman–Crippen LogP) is 3.80. The zero-order valence-electron chi connectivity index (χ0n) is 14.9. The van der Waals surface area contributed by atoms with E-state index in [-0.39, 0.29) is 12.1 Å². The van der Waals surface area contributed by atoms with E-state index in [4.69, 9.17) is 0 Å². The molecule has 1 aromatic carbocycles. The second-order valence-corrected chi connectivity index (χ2v) is 7.27. The molecule has 7 nitrogen and oxygen atoms in total. The van der Waals surface area contributed by atoms with Crippen LogP contribution >= 0.6 is 15.9 Å². The van der Waals surface area contributed by atoms with Crippen molar-refractivity contribution in [2.75, 3.05) is 0 Å². The molecule has 0 bridgehead atoms. The van der Waals surface area contributed by atoms with Crippen LogP contribution in [0.4, 0.5) is 13.2 Å². The van der Waals surface area contributed by atoms with Crippen molar-refractivity contribution in [1.82, 2.24) is 20.1 Å². The number of nitriles is 1. The smallest absolute Gasteiger partial charge is 0.406 e. The minimum atomic E-state index is -4.82. The summed E-state index contributed by atoms with van der Waals surface area (Å²) in [7, 11) is 0. The van der Waals surface area contributed by atoms with Crippen molar-refractivity contribution in [2.24, 2.45) is 0 Å². The Morgan fingerprint density at radius 1 is 1.31 bits per heavy atom. The Morgan fingerprint density at radius 2 is 2.00 bits per heavy atom. The number of benzene rings is 1. The number of hydrogen-bond acceptors (Lipinski definition) is 5. The van der Waals surface area contributed by atoms with Crippen LogP contribution in [0.15, 0.2) is 47.2 Å². The molecule has 1 unspecified atom stereocenters. The number of alkyl halides is 3. The van der Waals surface area contributed by atoms with Gasteiger partial charge in [0.1, 0.15) is 22.3 Å². The molecular formula is C18H13BrF3N5O2. The number of amides is 1. The van der Waals surface area contributed by atoms with Crippen LogP contribution < -0.4 is 10.1 Å². The van der Waals surface area contributed by atoms with E-state index in [9.17, 15) is 23.2 Å². The summed E-state index contributed by atoms with van der Waals surface area (Å²) < 4.78 is 42.7. The third-order valence-electron chi connectivity index (χ3n) is 3.84. The maximum Gasteiger partial charge on any atom is 0.573 e. The van der Waals surface area contributed by atoms with Gasteiger partial charge in [-0.15, -0.1) is 13.2 Å². The van der Waals surface area contributed by atoms with Crippen molar-refractivity contribution < 1.29 is 22.7 Å². The molecule has 0 aliphatic rings. The van der Waals surface area contributed by atoms with Gasteiger partial charge in [0.2, 0.25) is 0 Å². The van der Waals surface area contributed by atoms with Gasteiger partial charge in [0, 0.05) is 16.2 Å². The fourth-order valence-corrected chi connectivity index (χ4v) is 2.88. The topological polar surface area (TPSA) is 92.8 Å². The molecule has 2 aromatic heterocycles. The molecular weight excluding hydrogens is 455 g/mol. The van der Waals surface area contributed by atoms with Gasteiger partial charge in [0.05, 0.1) is 18.8 Å². The first kappa shape index (κ1) is 20.6. The maximum absolute atomic E-state index is 12.4. The normalized spacial score (nSPS) is 13.5. The van der Waals surface area contributed by atoms with E-state index in [0.29, 0.717) is 11.0 Å². The molecule has 1 N–H and O–H groups in total. The highest BCUT2D eigenvalue weighted by Crippen LogP contribution is 2.23. The molecule has 3 aromatic rings. The van der Waals surface area contributed by atoms with Crippen molar-refractivity contribution in [3.8, 4) is 11.8 Å². The summed E-state index contributed by atoms with van der Waals surface area (Å²) in [5.41, 5.74) is 0.000795. The average molecular weight is 468 g/mol. The highest BCUT2D eigenvalue weighted by molar-refractivity contribution is 9.10. The van der Waals surface area contributed by atoms with Gasteiger partial charge in [-0.3, -0.25) is 14.5 Å². The summed E-state index contributed by atoms with van der Waals surface area (Å²) in [5, 5.41) is 16.5. The van der Waals surface area contributed by atoms with Gasteiger partial charge in [0.15, 0.2) is 0 Å². The highest BCUT2D eigenvalue weighted by atomic mass is 79.9. The van der Waals surface area contributed by atoms with E-state index in [0.717, 1.165) is 16.6 Å². The Balaban J connectivity index is 1.73. The fraction of sp³-hybridized carbons (Fsp3) is 0.222. The molecule has 29 heavy (non-hydrogen) atoms. The molecule has 3 rings (SSSR count). The fourth-order valence-electron chi connectivity index (χ4n) is 2.57. The Labute approximate surface area is 171 Å². The summed E-state index contributed by atoms with van der Waals surface area (Å²) in [6.07, 6.45) is -1.56. The number of halogens is 4. The van der Waals surface area contributed by atoms with Crippen molar-refractivity contribution in [1.29, 1.82) is 5.26 Å². The van der Waals surface area contributed by atoms with Gasteiger partial charge in [-0.2, -0.15) is 10.4 Å². The number of carbonyl (C=O) groups excluding carboxylic acids is 1. The van der Waals surface area contributed by atoms with Gasteiger partial charge in [-0.25, -0.2) is 0 Å². The first-order valence-electron chi connectivity index (χ1n) is 8.15. The number of nitrogens with zero attached hydrogens (tertiary/aromatic N) is 4. The molecule has 2 heterocycles. The van der Waals surface area contributed by atoms with Crippen LogP contribution in [-0.2, 0) is 6.54 Å². The Kier molecular flexibility index (Phi) is 5.48. The molecule has 0 aliphatic heterocycles. The Hall–Kier alpha value is -3.13. The van der Waals surface area contributed by atoms with Gasteiger partial charge >= 0.3 is 6.36 Å². The molecule has 0 saturated heterocycles. The van der Waals surface area contributed by atoms with E-state index < -0.39 is 23.6 Å². The third-order valence-corrected chi connectivity index (χ3v) is 4.27. The molecule has 0 aliphatic carbocycles. The van der Waals surface area contributed by atoms with Crippen molar-refractivity contribution in [2.45, 2.75) is 25.4 Å². The van der Waals surface area contributed by atoms with E-state index in [2.05, 4.69) is 36.1 Å². The van der Waals surface area contributed by atoms with Crippen LogP contribution in [-0.4, -0.2) is 32.6 Å². The van der Waals surface area contributed by atoms with Crippen molar-refractivity contribution in [3.05, 3.63) is 52.8 Å². The number of pyridine rings is 1. The number of carbonyl (C=O) groups is 1. The van der Waals surface area contributed by atoms with Crippen LogP contribution in [0.25, 0.3) is 11.0 Å². The number of fused-ring (bicyclic) bond motifs is 1. The van der Waals surface area contributed by atoms with E-state index in [1.807, 2.05) is 6.07 Å². The van der Waals surface area contributed by atoms with Gasteiger partial charge in [-0.1, -0.05) is 0 Å². The lowest BCUT2D eigenvalue weighted by molar-refractivity contribution is -0.274. The molecule has 0 radical (unpaired) electrons. The first-order chi connectivity index (χ1) is 13.6. The van der Waals surface area contributed by atoms with Crippen molar-refractivity contribution in [3.63, 3.8) is 0 Å². The number of ether oxygens (including phenoxy) is 1. The quantitative estimate of drug-likeness (QED) is 0.615. The molecule has 1 amide bonds. The Morgan fingerprint density at radius 3 is 2.62 bits per heavy atom. The van der Waals surface area contributed by atoms with Crippen LogP contribution in [0.1, 0.15) is 17.3 Å². The lowest BCUT2D eigenvalue weighted by Gasteiger charge is -2.23. The molecule has 150 valence electrons. The summed E-state index contributed by atoms with van der Waals surface area (Å²) in [6, 6.07) is 8.20. The lowest BCUT2D eigenvalue weighted by atomic mass is 10.0. The number of hydrogen-bond donors (Lipinski definition) is 1. The second kappa shape index (κ2) is 7.71. The van der Waals surface area contributed by atoms with Gasteiger partial charge < -0.3 is 10.1 Å². The summed E-state index contributed by atoms with van der Waals surface area (Å²) in [4.78, 5) is 16.7. The number of aromatic nitrogens is 3. The van der Waals surface area contributed by atoms with E-state index in [1.165, 1.54) is 23.7 Å². The zero-order valence-corrected chi connectivity index (χ0v) is 16.5. The maximum atomic E-state index is 12.4. The van der Waals surface area contributed by atoms with E-state index in [1.54, 1.807) is 18.5 Å². The zero-order chi connectivity index (χ0) is 21.2. The number of rotatable bonds is 5. The monoisotopic (exact) mass is 467 g/mol. The molecule has 1 atom stereocenters. The standard InChI is InChI=1S/C18H13BrF3N5O2/c1-17(9-23,10-27-8-15-14(26-27)6-12(19)7-24-15)25-16(28)11-2-4-13(5-3-11)29-18(20,21)22/h2-8H,10H2,1H3,(H,25,28). The van der Waals surface area contributed by atoms with Crippen molar-refractivity contribution >= 4 is 32.9 Å². The second-order valence-electron chi connectivity index (χ2n) is 6.35. The van der Waals surface area contributed by atoms with Crippen LogP contribution in [0, 0.1) is 11.3 Å². The predicted molar refractivity (Wildman–Crippen MR) is 99.8 cm³/mol. The molecule has 0 saturated carbocycles. The largest absolute Gasteiger partial charge is 0.573 e. The third kappa shape index (κ3) is 5.23. The first-order valence-corrected chi connectivity index (χ1v) is 8.94. The summed E-state index contributed by atoms with van der Waals surface area (Å²) in [6.45, 7) is 1.56. The SMILES string of the molecule is CC(C#N)(Cn1cc2ncc(Br)cc2n1)NC(=O)c1ccc(OC(F)(F)F)cc1. The van der Waals surface area contributed by atoms with Crippen LogP contribution in [0.2, 0.25) is 0 Å². The average Bonchev–Trinajstić information content (AvgIpc) is 3.01. The lowest BCUT2D eigenvalue weighted by Crippen LogP contribution is -2.48. The molecule has 11 heteroatoms. The summed E-state index contributed by atoms with van der Waals surface area (Å²) in [5.74, 6) is -1.07. The molecule has 0 fully saturated rings. The Bertz CT molecular complexity index is 1090.